The maximum atomic E-state index is 13.8. The number of pyridine rings is 1. The summed E-state index contributed by atoms with van der Waals surface area (Å²) in [6.07, 6.45) is 2.52. The number of hydrogen-bond donors (Lipinski definition) is 2. The molecule has 0 aliphatic heterocycles. The van der Waals surface area contributed by atoms with Crippen LogP contribution in [0.4, 0.5) is 4.39 Å². The fourth-order valence-corrected chi connectivity index (χ4v) is 2.03. The van der Waals surface area contributed by atoms with E-state index < -0.39 is 6.04 Å². The SMILES string of the molecule is CCc1cccnc1C(NN)c1ccccc1F. The molecule has 3 N–H and O–H groups in total. The summed E-state index contributed by atoms with van der Waals surface area (Å²) < 4.78 is 13.8. The highest BCUT2D eigenvalue weighted by Gasteiger charge is 2.19. The molecule has 1 heterocycles. The Hall–Kier alpha value is -1.78. The molecule has 94 valence electrons. The molecule has 4 heteroatoms. The van der Waals surface area contributed by atoms with E-state index in [1.165, 1.54) is 6.07 Å². The maximum Gasteiger partial charge on any atom is 0.128 e. The van der Waals surface area contributed by atoms with Gasteiger partial charge >= 0.3 is 0 Å². The van der Waals surface area contributed by atoms with E-state index >= 15 is 0 Å². The average molecular weight is 245 g/mol. The van der Waals surface area contributed by atoms with Gasteiger partial charge in [-0.05, 0) is 24.1 Å². The zero-order valence-electron chi connectivity index (χ0n) is 10.2. The predicted octanol–water partition coefficient (Wildman–Crippen LogP) is 2.34. The van der Waals surface area contributed by atoms with Crippen molar-refractivity contribution < 1.29 is 4.39 Å². The van der Waals surface area contributed by atoms with Gasteiger partial charge in [-0.25, -0.2) is 9.82 Å². The highest BCUT2D eigenvalue weighted by atomic mass is 19.1. The van der Waals surface area contributed by atoms with Gasteiger partial charge in [0.05, 0.1) is 11.7 Å². The number of halogens is 1. The first-order chi connectivity index (χ1) is 8.77. The lowest BCUT2D eigenvalue weighted by Crippen LogP contribution is -2.31. The van der Waals surface area contributed by atoms with Crippen molar-refractivity contribution in [2.45, 2.75) is 19.4 Å². The van der Waals surface area contributed by atoms with E-state index in [-0.39, 0.29) is 5.82 Å². The van der Waals surface area contributed by atoms with Crippen molar-refractivity contribution in [1.82, 2.24) is 10.4 Å². The van der Waals surface area contributed by atoms with E-state index in [2.05, 4.69) is 10.4 Å². The molecule has 0 aliphatic carbocycles. The van der Waals surface area contributed by atoms with E-state index in [0.717, 1.165) is 17.7 Å². The summed E-state index contributed by atoms with van der Waals surface area (Å²) in [6.45, 7) is 2.04. The van der Waals surface area contributed by atoms with E-state index in [1.807, 2.05) is 19.1 Å². The number of nitrogens with zero attached hydrogens (tertiary/aromatic N) is 1. The molecule has 3 nitrogen and oxygen atoms in total. The Morgan fingerprint density at radius 3 is 2.72 bits per heavy atom. The zero-order chi connectivity index (χ0) is 13.0. The lowest BCUT2D eigenvalue weighted by Gasteiger charge is -2.19. The van der Waals surface area contributed by atoms with Gasteiger partial charge in [0.15, 0.2) is 0 Å². The summed E-state index contributed by atoms with van der Waals surface area (Å²) in [5, 5.41) is 0. The molecule has 2 rings (SSSR count). The van der Waals surface area contributed by atoms with Crippen molar-refractivity contribution >= 4 is 0 Å². The third kappa shape index (κ3) is 2.39. The first kappa shape index (κ1) is 12.7. The van der Waals surface area contributed by atoms with Crippen LogP contribution in [-0.4, -0.2) is 4.98 Å². The standard InChI is InChI=1S/C14H16FN3/c1-2-10-6-5-9-17-13(10)14(18-16)11-7-3-4-8-12(11)15/h3-9,14,18H,2,16H2,1H3. The van der Waals surface area contributed by atoms with Crippen LogP contribution in [0.3, 0.4) is 0 Å². The molecular formula is C14H16FN3. The molecule has 0 spiro atoms. The van der Waals surface area contributed by atoms with Crippen LogP contribution in [0.15, 0.2) is 42.6 Å². The van der Waals surface area contributed by atoms with Crippen molar-refractivity contribution in [1.29, 1.82) is 0 Å². The van der Waals surface area contributed by atoms with Gasteiger partial charge in [0.1, 0.15) is 5.82 Å². The molecule has 0 bridgehead atoms. The van der Waals surface area contributed by atoms with E-state index in [1.54, 1.807) is 24.4 Å². The number of hydrazine groups is 1. The van der Waals surface area contributed by atoms with Crippen LogP contribution < -0.4 is 11.3 Å². The number of rotatable bonds is 4. The van der Waals surface area contributed by atoms with Crippen molar-refractivity contribution in [3.05, 3.63) is 65.2 Å². The molecule has 2 aromatic rings. The van der Waals surface area contributed by atoms with Gasteiger partial charge in [0.2, 0.25) is 0 Å². The predicted molar refractivity (Wildman–Crippen MR) is 69.2 cm³/mol. The number of aromatic nitrogens is 1. The number of aryl methyl sites for hydroxylation is 1. The molecule has 0 radical (unpaired) electrons. The monoisotopic (exact) mass is 245 g/mol. The third-order valence-corrected chi connectivity index (χ3v) is 2.96. The second-order valence-electron chi connectivity index (χ2n) is 4.02. The Morgan fingerprint density at radius 1 is 1.28 bits per heavy atom. The molecule has 1 atom stereocenters. The van der Waals surface area contributed by atoms with E-state index in [0.29, 0.717) is 5.56 Å². The Bertz CT molecular complexity index is 528. The largest absolute Gasteiger partial charge is 0.271 e. The lowest BCUT2D eigenvalue weighted by molar-refractivity contribution is 0.550. The topological polar surface area (TPSA) is 50.9 Å². The van der Waals surface area contributed by atoms with Crippen LogP contribution >= 0.6 is 0 Å². The fourth-order valence-electron chi connectivity index (χ4n) is 2.03. The fraction of sp³-hybridized carbons (Fsp3) is 0.214. The van der Waals surface area contributed by atoms with Gasteiger partial charge in [-0.3, -0.25) is 10.8 Å². The maximum absolute atomic E-state index is 13.8. The van der Waals surface area contributed by atoms with Crippen LogP contribution in [0.1, 0.15) is 29.8 Å². The average Bonchev–Trinajstić information content (AvgIpc) is 2.42. The second-order valence-corrected chi connectivity index (χ2v) is 4.02. The molecule has 1 unspecified atom stereocenters. The molecule has 1 aromatic heterocycles. The van der Waals surface area contributed by atoms with Gasteiger partial charge < -0.3 is 0 Å². The van der Waals surface area contributed by atoms with E-state index in [4.69, 9.17) is 5.84 Å². The summed E-state index contributed by atoms with van der Waals surface area (Å²) >= 11 is 0. The summed E-state index contributed by atoms with van der Waals surface area (Å²) in [5.74, 6) is 5.29. The second kappa shape index (κ2) is 5.71. The molecule has 0 aliphatic rings. The number of benzene rings is 1. The minimum atomic E-state index is -0.428. The van der Waals surface area contributed by atoms with Crippen molar-refractivity contribution in [2.24, 2.45) is 5.84 Å². The van der Waals surface area contributed by atoms with Crippen LogP contribution in [-0.2, 0) is 6.42 Å². The summed E-state index contributed by atoms with van der Waals surface area (Å²) in [6, 6.07) is 10.0. The lowest BCUT2D eigenvalue weighted by atomic mass is 9.98. The van der Waals surface area contributed by atoms with Gasteiger partial charge in [0, 0.05) is 11.8 Å². The minimum Gasteiger partial charge on any atom is -0.271 e. The Balaban J connectivity index is 2.49. The molecule has 0 saturated carbocycles. The molecule has 0 amide bonds. The molecule has 0 saturated heterocycles. The highest BCUT2D eigenvalue weighted by molar-refractivity contribution is 5.33. The van der Waals surface area contributed by atoms with Gasteiger partial charge in [-0.2, -0.15) is 0 Å². The first-order valence-corrected chi connectivity index (χ1v) is 5.92. The van der Waals surface area contributed by atoms with Crippen LogP contribution in [0.5, 0.6) is 0 Å². The molecule has 1 aromatic carbocycles. The summed E-state index contributed by atoms with van der Waals surface area (Å²) in [5.41, 5.74) is 4.99. The molecule has 18 heavy (non-hydrogen) atoms. The van der Waals surface area contributed by atoms with Gasteiger partial charge in [0.25, 0.3) is 0 Å². The number of nitrogens with one attached hydrogen (secondary N) is 1. The quantitative estimate of drug-likeness (QED) is 0.642. The van der Waals surface area contributed by atoms with Gasteiger partial charge in [-0.15, -0.1) is 0 Å². The smallest absolute Gasteiger partial charge is 0.128 e. The molecular weight excluding hydrogens is 229 g/mol. The molecule has 0 fully saturated rings. The normalized spacial score (nSPS) is 12.4. The highest BCUT2D eigenvalue weighted by Crippen LogP contribution is 2.24. The van der Waals surface area contributed by atoms with Crippen molar-refractivity contribution in [3.63, 3.8) is 0 Å². The minimum absolute atomic E-state index is 0.284. The Morgan fingerprint density at radius 2 is 2.06 bits per heavy atom. The Labute approximate surface area is 106 Å². The van der Waals surface area contributed by atoms with Crippen molar-refractivity contribution in [3.8, 4) is 0 Å². The Kier molecular flexibility index (Phi) is 4.02. The van der Waals surface area contributed by atoms with Crippen LogP contribution in [0.25, 0.3) is 0 Å². The first-order valence-electron chi connectivity index (χ1n) is 5.92. The third-order valence-electron chi connectivity index (χ3n) is 2.96. The van der Waals surface area contributed by atoms with Crippen LogP contribution in [0, 0.1) is 5.82 Å². The van der Waals surface area contributed by atoms with E-state index in [9.17, 15) is 4.39 Å². The number of hydrogen-bond acceptors (Lipinski definition) is 3. The van der Waals surface area contributed by atoms with Crippen molar-refractivity contribution in [2.75, 3.05) is 0 Å². The van der Waals surface area contributed by atoms with Crippen LogP contribution in [0.2, 0.25) is 0 Å². The summed E-state index contributed by atoms with van der Waals surface area (Å²) in [7, 11) is 0. The number of nitrogens with two attached hydrogens (primary N) is 1. The zero-order valence-corrected chi connectivity index (χ0v) is 10.2. The van der Waals surface area contributed by atoms with Gasteiger partial charge in [-0.1, -0.05) is 31.2 Å². The summed E-state index contributed by atoms with van der Waals surface area (Å²) in [4.78, 5) is 4.33.